The first kappa shape index (κ1) is 24.7. The summed E-state index contributed by atoms with van der Waals surface area (Å²) >= 11 is 13.8. The summed E-state index contributed by atoms with van der Waals surface area (Å²) in [6.45, 7) is 4.34. The zero-order chi connectivity index (χ0) is 24.8. The number of ether oxygens (including phenoxy) is 1. The first-order valence-corrected chi connectivity index (χ1v) is 12.4. The summed E-state index contributed by atoms with van der Waals surface area (Å²) < 4.78 is 5.56. The number of aromatic nitrogens is 1. The Morgan fingerprint density at radius 1 is 1.11 bits per heavy atom. The number of carbonyl (C=O) groups excluding carboxylic acids is 1. The third kappa shape index (κ3) is 6.39. The Morgan fingerprint density at radius 2 is 1.86 bits per heavy atom. The molecule has 0 unspecified atom stereocenters. The van der Waals surface area contributed by atoms with Gasteiger partial charge in [0.2, 0.25) is 0 Å². The monoisotopic (exact) mass is 524 g/mol. The highest BCUT2D eigenvalue weighted by Gasteiger charge is 2.11. The van der Waals surface area contributed by atoms with E-state index in [0.29, 0.717) is 33.5 Å². The van der Waals surface area contributed by atoms with Crippen LogP contribution in [-0.4, -0.2) is 23.7 Å². The summed E-state index contributed by atoms with van der Waals surface area (Å²) in [6.07, 6.45) is 1.45. The van der Waals surface area contributed by atoms with Crippen molar-refractivity contribution in [3.63, 3.8) is 0 Å². The topological polar surface area (TPSA) is 75.6 Å². The fourth-order valence-corrected chi connectivity index (χ4v) is 4.52. The number of thiazole rings is 1. The number of aryl methyl sites for hydroxylation is 1. The van der Waals surface area contributed by atoms with Gasteiger partial charge in [-0.1, -0.05) is 53.0 Å². The van der Waals surface area contributed by atoms with Crippen molar-refractivity contribution >= 4 is 57.5 Å². The first-order valence-electron chi connectivity index (χ1n) is 10.8. The molecule has 0 saturated heterocycles. The van der Waals surface area contributed by atoms with Crippen LogP contribution in [0.25, 0.3) is 11.3 Å². The van der Waals surface area contributed by atoms with Crippen LogP contribution in [0.5, 0.6) is 5.75 Å². The largest absolute Gasteiger partial charge is 0.492 e. The van der Waals surface area contributed by atoms with Crippen molar-refractivity contribution < 1.29 is 9.53 Å². The number of rotatable bonds is 8. The fourth-order valence-electron chi connectivity index (χ4n) is 3.21. The average molecular weight is 525 g/mol. The number of nitrogens with zero attached hydrogens (tertiary/aromatic N) is 2. The van der Waals surface area contributed by atoms with Gasteiger partial charge in [-0.15, -0.1) is 11.3 Å². The van der Waals surface area contributed by atoms with Gasteiger partial charge in [0.15, 0.2) is 5.13 Å². The van der Waals surface area contributed by atoms with E-state index >= 15 is 0 Å². The first-order chi connectivity index (χ1) is 16.9. The minimum absolute atomic E-state index is 0.348. The zero-order valence-electron chi connectivity index (χ0n) is 19.0. The van der Waals surface area contributed by atoms with Crippen LogP contribution < -0.4 is 15.5 Å². The lowest BCUT2D eigenvalue weighted by Gasteiger charge is -2.09. The van der Waals surface area contributed by atoms with Crippen molar-refractivity contribution in [3.8, 4) is 17.0 Å². The molecule has 1 heterocycles. The minimum Gasteiger partial charge on any atom is -0.492 e. The Kier molecular flexibility index (Phi) is 8.02. The number of benzene rings is 3. The molecule has 2 N–H and O–H groups in total. The molecule has 4 rings (SSSR count). The molecule has 3 aromatic carbocycles. The normalized spacial score (nSPS) is 11.0. The van der Waals surface area contributed by atoms with Crippen molar-refractivity contribution in [1.29, 1.82) is 0 Å². The Bertz CT molecular complexity index is 1350. The van der Waals surface area contributed by atoms with Crippen LogP contribution in [0.15, 0.2) is 71.1 Å². The Labute approximate surface area is 217 Å². The molecule has 1 aromatic heterocycles. The standard InChI is InChI=1S/C26H22Cl2N4O2S/c1-3-34-24-19(12-20(27)13-22(24)28)14-29-32-25(33)18-8-6-17(7-9-18)23-15-35-26(31-23)30-21-10-4-16(2)5-11-21/h4-15H,3H2,1-2H3,(H,30,31)(H,32,33)/b29-14-. The molecule has 35 heavy (non-hydrogen) atoms. The number of halogens is 2. The lowest BCUT2D eigenvalue weighted by atomic mass is 10.1. The van der Waals surface area contributed by atoms with E-state index in [1.165, 1.54) is 23.1 Å². The molecule has 0 spiro atoms. The van der Waals surface area contributed by atoms with E-state index in [0.717, 1.165) is 22.1 Å². The van der Waals surface area contributed by atoms with E-state index in [4.69, 9.17) is 27.9 Å². The molecule has 9 heteroatoms. The van der Waals surface area contributed by atoms with Gasteiger partial charge in [0.1, 0.15) is 5.75 Å². The molecule has 0 fully saturated rings. The SMILES string of the molecule is CCOc1c(Cl)cc(Cl)cc1/C=N\NC(=O)c1ccc(-c2csc(Nc3ccc(C)cc3)n2)cc1. The molecular formula is C26H22Cl2N4O2S. The van der Waals surface area contributed by atoms with E-state index in [-0.39, 0.29) is 5.91 Å². The summed E-state index contributed by atoms with van der Waals surface area (Å²) in [7, 11) is 0. The molecular weight excluding hydrogens is 503 g/mol. The molecule has 0 radical (unpaired) electrons. The summed E-state index contributed by atoms with van der Waals surface area (Å²) in [5.41, 5.74) is 7.48. The van der Waals surface area contributed by atoms with Crippen LogP contribution in [0.3, 0.4) is 0 Å². The molecule has 0 aliphatic carbocycles. The smallest absolute Gasteiger partial charge is 0.271 e. The lowest BCUT2D eigenvalue weighted by Crippen LogP contribution is -2.17. The van der Waals surface area contributed by atoms with Gasteiger partial charge in [-0.3, -0.25) is 4.79 Å². The summed E-state index contributed by atoms with van der Waals surface area (Å²) in [6, 6.07) is 18.6. The molecule has 1 amide bonds. The molecule has 0 bridgehead atoms. The predicted molar refractivity (Wildman–Crippen MR) is 145 cm³/mol. The van der Waals surface area contributed by atoms with Crippen LogP contribution in [0, 0.1) is 6.92 Å². The second-order valence-electron chi connectivity index (χ2n) is 7.54. The van der Waals surface area contributed by atoms with Crippen LogP contribution >= 0.6 is 34.5 Å². The number of hydrogen-bond donors (Lipinski definition) is 2. The molecule has 6 nitrogen and oxygen atoms in total. The molecule has 0 aliphatic rings. The Hall–Kier alpha value is -3.39. The van der Waals surface area contributed by atoms with E-state index in [1.807, 2.05) is 48.7 Å². The van der Waals surface area contributed by atoms with Gasteiger partial charge in [0.25, 0.3) is 5.91 Å². The number of amides is 1. The van der Waals surface area contributed by atoms with Gasteiger partial charge in [0.05, 0.1) is 23.5 Å². The third-order valence-corrected chi connectivity index (χ3v) is 6.20. The number of carbonyl (C=O) groups is 1. The van der Waals surface area contributed by atoms with Crippen molar-refractivity contribution in [2.24, 2.45) is 5.10 Å². The maximum atomic E-state index is 12.5. The van der Waals surface area contributed by atoms with Crippen LogP contribution in [0.1, 0.15) is 28.4 Å². The van der Waals surface area contributed by atoms with E-state index in [1.54, 1.807) is 24.3 Å². The van der Waals surface area contributed by atoms with Gasteiger partial charge in [-0.05, 0) is 50.2 Å². The summed E-state index contributed by atoms with van der Waals surface area (Å²) in [4.78, 5) is 17.2. The number of hydrogen-bond acceptors (Lipinski definition) is 6. The van der Waals surface area contributed by atoms with Crippen LogP contribution in [0.2, 0.25) is 10.0 Å². The van der Waals surface area contributed by atoms with Gasteiger partial charge in [0, 0.05) is 32.8 Å². The molecule has 4 aromatic rings. The van der Waals surface area contributed by atoms with Gasteiger partial charge < -0.3 is 10.1 Å². The minimum atomic E-state index is -0.348. The van der Waals surface area contributed by atoms with E-state index < -0.39 is 0 Å². The molecule has 178 valence electrons. The van der Waals surface area contributed by atoms with Crippen molar-refractivity contribution in [2.45, 2.75) is 13.8 Å². The number of anilines is 2. The summed E-state index contributed by atoms with van der Waals surface area (Å²) in [5, 5.41) is 10.9. The third-order valence-electron chi connectivity index (χ3n) is 4.95. The van der Waals surface area contributed by atoms with Gasteiger partial charge >= 0.3 is 0 Å². The Morgan fingerprint density at radius 3 is 2.57 bits per heavy atom. The van der Waals surface area contributed by atoms with Gasteiger partial charge in [-0.25, -0.2) is 10.4 Å². The van der Waals surface area contributed by atoms with Crippen molar-refractivity contribution in [1.82, 2.24) is 10.4 Å². The number of nitrogens with one attached hydrogen (secondary N) is 2. The molecule has 0 saturated carbocycles. The van der Waals surface area contributed by atoms with Crippen molar-refractivity contribution in [2.75, 3.05) is 11.9 Å². The van der Waals surface area contributed by atoms with Crippen molar-refractivity contribution in [3.05, 3.63) is 92.8 Å². The number of hydrazone groups is 1. The maximum Gasteiger partial charge on any atom is 0.271 e. The van der Waals surface area contributed by atoms with Gasteiger partial charge in [-0.2, -0.15) is 5.10 Å². The lowest BCUT2D eigenvalue weighted by molar-refractivity contribution is 0.0955. The predicted octanol–water partition coefficient (Wildman–Crippen LogP) is 7.33. The Balaban J connectivity index is 1.40. The van der Waals surface area contributed by atoms with E-state index in [2.05, 4.69) is 27.8 Å². The average Bonchev–Trinajstić information content (AvgIpc) is 3.31. The van der Waals surface area contributed by atoms with Crippen LogP contribution in [-0.2, 0) is 0 Å². The maximum absolute atomic E-state index is 12.5. The molecule has 0 aliphatic heterocycles. The second-order valence-corrected chi connectivity index (χ2v) is 9.25. The highest BCUT2D eigenvalue weighted by Crippen LogP contribution is 2.31. The summed E-state index contributed by atoms with van der Waals surface area (Å²) in [5.74, 6) is 0.110. The zero-order valence-corrected chi connectivity index (χ0v) is 21.3. The highest BCUT2D eigenvalue weighted by molar-refractivity contribution is 7.14. The highest BCUT2D eigenvalue weighted by atomic mass is 35.5. The molecule has 0 atom stereocenters. The van der Waals surface area contributed by atoms with Crippen LogP contribution in [0.4, 0.5) is 10.8 Å². The second kappa shape index (κ2) is 11.4. The quantitative estimate of drug-likeness (QED) is 0.187. The van der Waals surface area contributed by atoms with E-state index in [9.17, 15) is 4.79 Å². The fraction of sp³-hybridized carbons (Fsp3) is 0.115.